The van der Waals surface area contributed by atoms with Gasteiger partial charge < -0.3 is 20.5 Å². The van der Waals surface area contributed by atoms with Crippen LogP contribution in [0.25, 0.3) is 0 Å². The Morgan fingerprint density at radius 2 is 1.80 bits per heavy atom. The lowest BCUT2D eigenvalue weighted by Gasteiger charge is -2.18. The van der Waals surface area contributed by atoms with Gasteiger partial charge in [0, 0.05) is 6.07 Å². The van der Waals surface area contributed by atoms with Crippen LogP contribution in [0.2, 0.25) is 0 Å². The molecule has 2 aromatic rings. The Balaban J connectivity index is 0.00000312. The molecule has 0 spiro atoms. The normalized spacial score (nSPS) is 12.5. The summed E-state index contributed by atoms with van der Waals surface area (Å²) >= 11 is 0. The van der Waals surface area contributed by atoms with Gasteiger partial charge >= 0.3 is 0 Å². The van der Waals surface area contributed by atoms with Crippen molar-refractivity contribution in [2.45, 2.75) is 26.0 Å². The molecule has 2 unspecified atom stereocenters. The van der Waals surface area contributed by atoms with Crippen molar-refractivity contribution in [3.63, 3.8) is 0 Å². The summed E-state index contributed by atoms with van der Waals surface area (Å²) in [6.07, 6.45) is -0.189. The topological polar surface area (TPSA) is 73.6 Å². The third kappa shape index (κ3) is 6.29. The molecule has 0 aliphatic carbocycles. The summed E-state index contributed by atoms with van der Waals surface area (Å²) in [5, 5.41) is 2.82. The zero-order valence-corrected chi connectivity index (χ0v) is 15.5. The van der Waals surface area contributed by atoms with Gasteiger partial charge in [-0.05, 0) is 31.5 Å². The monoisotopic (exact) mass is 364 g/mol. The van der Waals surface area contributed by atoms with Crippen molar-refractivity contribution in [1.82, 2.24) is 5.32 Å². The lowest BCUT2D eigenvalue weighted by atomic mass is 10.1. The molecule has 0 aromatic heterocycles. The molecule has 136 valence electrons. The second-order valence-corrected chi connectivity index (χ2v) is 5.74. The number of hydrogen-bond donors (Lipinski definition) is 2. The molecule has 2 rings (SSSR count). The Bertz CT molecular complexity index is 677. The minimum absolute atomic E-state index is 0. The second-order valence-electron chi connectivity index (χ2n) is 5.74. The molecule has 3 N–H and O–H groups in total. The zero-order chi connectivity index (χ0) is 17.5. The van der Waals surface area contributed by atoms with E-state index < -0.39 is 6.04 Å². The molecule has 0 saturated carbocycles. The minimum Gasteiger partial charge on any atom is -0.497 e. The molecule has 0 saturated heterocycles. The lowest BCUT2D eigenvalue weighted by molar-refractivity contribution is -0.122. The molecule has 0 heterocycles. The first kappa shape index (κ1) is 20.8. The third-order valence-electron chi connectivity index (χ3n) is 3.66. The number of halogens is 1. The quantitative estimate of drug-likeness (QED) is 0.792. The molecule has 2 aromatic carbocycles. The Labute approximate surface area is 154 Å². The zero-order valence-electron chi connectivity index (χ0n) is 14.7. The highest BCUT2D eigenvalue weighted by Gasteiger charge is 2.16. The van der Waals surface area contributed by atoms with Gasteiger partial charge in [-0.25, -0.2) is 0 Å². The van der Waals surface area contributed by atoms with E-state index in [1.165, 1.54) is 0 Å². The number of nitrogens with two attached hydrogens (primary N) is 1. The van der Waals surface area contributed by atoms with Crippen molar-refractivity contribution in [2.24, 2.45) is 5.73 Å². The summed E-state index contributed by atoms with van der Waals surface area (Å²) in [6.45, 7) is 4.25. The second kappa shape index (κ2) is 9.91. The largest absolute Gasteiger partial charge is 0.497 e. The number of carbonyl (C=O) groups is 1. The summed E-state index contributed by atoms with van der Waals surface area (Å²) in [4.78, 5) is 12.2. The van der Waals surface area contributed by atoms with Crippen LogP contribution in [-0.4, -0.2) is 25.7 Å². The van der Waals surface area contributed by atoms with E-state index in [0.717, 1.165) is 16.9 Å². The van der Waals surface area contributed by atoms with Crippen LogP contribution in [0.15, 0.2) is 48.5 Å². The maximum atomic E-state index is 12.2. The van der Waals surface area contributed by atoms with Crippen LogP contribution in [0.4, 0.5) is 0 Å². The predicted molar refractivity (Wildman–Crippen MR) is 101 cm³/mol. The fourth-order valence-electron chi connectivity index (χ4n) is 2.23. The number of nitrogens with one attached hydrogen (secondary N) is 1. The maximum Gasteiger partial charge on any atom is 0.241 e. The van der Waals surface area contributed by atoms with E-state index >= 15 is 0 Å². The van der Waals surface area contributed by atoms with E-state index in [2.05, 4.69) is 5.32 Å². The smallest absolute Gasteiger partial charge is 0.241 e. The minimum atomic E-state index is -0.686. The molecule has 5 nitrogen and oxygen atoms in total. The van der Waals surface area contributed by atoms with E-state index in [9.17, 15) is 4.79 Å². The fourth-order valence-corrected chi connectivity index (χ4v) is 2.23. The average Bonchev–Trinajstić information content (AvgIpc) is 2.60. The molecular weight excluding hydrogens is 340 g/mol. The van der Waals surface area contributed by atoms with E-state index in [0.29, 0.717) is 12.3 Å². The van der Waals surface area contributed by atoms with Gasteiger partial charge in [-0.15, -0.1) is 12.4 Å². The van der Waals surface area contributed by atoms with E-state index in [4.69, 9.17) is 15.2 Å². The lowest BCUT2D eigenvalue weighted by Crippen LogP contribution is -2.39. The Kier molecular flexibility index (Phi) is 8.25. The molecule has 0 bridgehead atoms. The van der Waals surface area contributed by atoms with Gasteiger partial charge in [0.25, 0.3) is 0 Å². The van der Waals surface area contributed by atoms with Crippen LogP contribution in [0.1, 0.15) is 24.1 Å². The Hall–Kier alpha value is -2.24. The SMILES string of the molecule is COc1cccc(OC(C)CNC(=O)C(N)c2ccc(C)cc2)c1.Cl. The standard InChI is InChI=1S/C19H24N2O3.ClH/c1-13-7-9-15(10-8-13)18(20)19(22)21-12-14(2)24-17-6-4-5-16(11-17)23-3;/h4-11,14,18H,12,20H2,1-3H3,(H,21,22);1H. The highest BCUT2D eigenvalue weighted by Crippen LogP contribution is 2.19. The molecule has 1 amide bonds. The Morgan fingerprint density at radius 3 is 2.44 bits per heavy atom. The first-order valence-corrected chi connectivity index (χ1v) is 7.90. The first-order chi connectivity index (χ1) is 11.5. The summed E-state index contributed by atoms with van der Waals surface area (Å²) in [6, 6.07) is 14.3. The van der Waals surface area contributed by atoms with Crippen LogP contribution in [0.3, 0.4) is 0 Å². The number of amides is 1. The van der Waals surface area contributed by atoms with E-state index in [1.54, 1.807) is 13.2 Å². The number of benzene rings is 2. The van der Waals surface area contributed by atoms with Crippen molar-refractivity contribution in [3.8, 4) is 11.5 Å². The number of hydrogen-bond acceptors (Lipinski definition) is 4. The number of rotatable bonds is 7. The molecular formula is C19H25ClN2O3. The molecule has 0 aliphatic heterocycles. The molecule has 0 fully saturated rings. The van der Waals surface area contributed by atoms with Crippen molar-refractivity contribution in [2.75, 3.05) is 13.7 Å². The predicted octanol–water partition coefficient (Wildman–Crippen LogP) is 3.01. The van der Waals surface area contributed by atoms with Crippen LogP contribution in [0, 0.1) is 6.92 Å². The van der Waals surface area contributed by atoms with Gasteiger partial charge in [-0.2, -0.15) is 0 Å². The van der Waals surface area contributed by atoms with Gasteiger partial charge in [-0.1, -0.05) is 35.9 Å². The van der Waals surface area contributed by atoms with E-state index in [-0.39, 0.29) is 24.4 Å². The molecule has 2 atom stereocenters. The summed E-state index contributed by atoms with van der Waals surface area (Å²) in [5.74, 6) is 1.20. The average molecular weight is 365 g/mol. The summed E-state index contributed by atoms with van der Waals surface area (Å²) in [7, 11) is 1.61. The Morgan fingerprint density at radius 1 is 1.16 bits per heavy atom. The molecule has 6 heteroatoms. The molecule has 25 heavy (non-hydrogen) atoms. The fraction of sp³-hybridized carbons (Fsp3) is 0.316. The highest BCUT2D eigenvalue weighted by molar-refractivity contribution is 5.85. The number of ether oxygens (including phenoxy) is 2. The van der Waals surface area contributed by atoms with E-state index in [1.807, 2.05) is 56.3 Å². The van der Waals surface area contributed by atoms with Gasteiger partial charge in [0.2, 0.25) is 5.91 Å². The van der Waals surface area contributed by atoms with Gasteiger partial charge in [0.15, 0.2) is 0 Å². The number of carbonyl (C=O) groups excluding carboxylic acids is 1. The summed E-state index contributed by atoms with van der Waals surface area (Å²) < 4.78 is 10.9. The molecule has 0 radical (unpaired) electrons. The maximum absolute atomic E-state index is 12.2. The number of aryl methyl sites for hydroxylation is 1. The first-order valence-electron chi connectivity index (χ1n) is 7.90. The van der Waals surface area contributed by atoms with Crippen molar-refractivity contribution in [1.29, 1.82) is 0 Å². The summed E-state index contributed by atoms with van der Waals surface area (Å²) in [5.41, 5.74) is 7.92. The van der Waals surface area contributed by atoms with Crippen molar-refractivity contribution in [3.05, 3.63) is 59.7 Å². The van der Waals surface area contributed by atoms with Gasteiger partial charge in [-0.3, -0.25) is 4.79 Å². The van der Waals surface area contributed by atoms with Gasteiger partial charge in [0.05, 0.1) is 13.7 Å². The van der Waals surface area contributed by atoms with Crippen LogP contribution in [-0.2, 0) is 4.79 Å². The highest BCUT2D eigenvalue weighted by atomic mass is 35.5. The number of methoxy groups -OCH3 is 1. The van der Waals surface area contributed by atoms with Gasteiger partial charge in [0.1, 0.15) is 23.6 Å². The van der Waals surface area contributed by atoms with Crippen molar-refractivity contribution < 1.29 is 14.3 Å². The van der Waals surface area contributed by atoms with Crippen molar-refractivity contribution >= 4 is 18.3 Å². The third-order valence-corrected chi connectivity index (χ3v) is 3.66. The van der Waals surface area contributed by atoms with Crippen LogP contribution < -0.4 is 20.5 Å². The molecule has 0 aliphatic rings. The van der Waals surface area contributed by atoms with Crippen LogP contribution >= 0.6 is 12.4 Å². The van der Waals surface area contributed by atoms with Crippen LogP contribution in [0.5, 0.6) is 11.5 Å².